The maximum atomic E-state index is 14.2. The molecule has 2 amide bonds. The van der Waals surface area contributed by atoms with Crippen LogP contribution in [0, 0.1) is 11.7 Å². The van der Waals surface area contributed by atoms with Crippen molar-refractivity contribution in [3.63, 3.8) is 0 Å². The quantitative estimate of drug-likeness (QED) is 0.620. The molecule has 1 saturated heterocycles. The Morgan fingerprint density at radius 1 is 1.07 bits per heavy atom. The Morgan fingerprint density at radius 3 is 2.72 bits per heavy atom. The van der Waals surface area contributed by atoms with Crippen molar-refractivity contribution in [1.82, 2.24) is 4.90 Å². The topological polar surface area (TPSA) is 40.6 Å². The van der Waals surface area contributed by atoms with E-state index in [0.717, 1.165) is 11.3 Å². The predicted octanol–water partition coefficient (Wildman–Crippen LogP) is 4.48. The molecule has 1 aromatic carbocycles. The van der Waals surface area contributed by atoms with Gasteiger partial charge >= 0.3 is 0 Å². The molecular formula is C22H19FN2O2S2. The van der Waals surface area contributed by atoms with Gasteiger partial charge in [-0.2, -0.15) is 0 Å². The first-order chi connectivity index (χ1) is 14.1. The Hall–Kier alpha value is -2.51. The molecule has 0 unspecified atom stereocenters. The van der Waals surface area contributed by atoms with Gasteiger partial charge in [-0.1, -0.05) is 18.2 Å². The summed E-state index contributed by atoms with van der Waals surface area (Å²) in [5.74, 6) is -1.11. The third-order valence-corrected chi connectivity index (χ3v) is 7.60. The highest BCUT2D eigenvalue weighted by Crippen LogP contribution is 2.41. The fourth-order valence-electron chi connectivity index (χ4n) is 4.32. The first-order valence-corrected chi connectivity index (χ1v) is 11.3. The number of carbonyl (C=O) groups is 2. The number of carbonyl (C=O) groups excluding carboxylic acids is 2. The first-order valence-electron chi connectivity index (χ1n) is 9.58. The lowest BCUT2D eigenvalue weighted by molar-refractivity contribution is -0.137. The average Bonchev–Trinajstić information content (AvgIpc) is 3.48. The highest BCUT2D eigenvalue weighted by atomic mass is 32.1. The molecule has 3 aromatic rings. The van der Waals surface area contributed by atoms with Gasteiger partial charge in [0.25, 0.3) is 0 Å². The average molecular weight is 427 g/mol. The standard InChI is InChI=1S/C22H19FN2O2S2/c23-16-4-1-2-5-17(16)25-13-14(12-20(25)26)22(27)24-9-7-18-15(8-11-29-18)21(24)19-6-3-10-28-19/h1-6,8,10-11,14,21H,7,9,12-13H2/t14-,21+/m0/s1. The molecule has 4 heterocycles. The van der Waals surface area contributed by atoms with Gasteiger partial charge in [0, 0.05) is 29.3 Å². The lowest BCUT2D eigenvalue weighted by atomic mass is 9.96. The van der Waals surface area contributed by atoms with Crippen LogP contribution in [-0.2, 0) is 16.0 Å². The van der Waals surface area contributed by atoms with E-state index in [0.29, 0.717) is 6.54 Å². The van der Waals surface area contributed by atoms with Gasteiger partial charge in [0.2, 0.25) is 11.8 Å². The number of anilines is 1. The Kier molecular flexibility index (Phi) is 4.72. The summed E-state index contributed by atoms with van der Waals surface area (Å²) in [6.45, 7) is 0.863. The number of hydrogen-bond donors (Lipinski definition) is 0. The molecule has 2 atom stereocenters. The first kappa shape index (κ1) is 18.5. The van der Waals surface area contributed by atoms with Crippen LogP contribution in [0.4, 0.5) is 10.1 Å². The van der Waals surface area contributed by atoms with Crippen LogP contribution in [0.2, 0.25) is 0 Å². The van der Waals surface area contributed by atoms with Crippen molar-refractivity contribution in [2.75, 3.05) is 18.0 Å². The zero-order valence-electron chi connectivity index (χ0n) is 15.6. The molecule has 0 radical (unpaired) electrons. The summed E-state index contributed by atoms with van der Waals surface area (Å²) >= 11 is 3.38. The molecule has 2 aliphatic heterocycles. The predicted molar refractivity (Wildman–Crippen MR) is 113 cm³/mol. The zero-order valence-corrected chi connectivity index (χ0v) is 17.2. The van der Waals surface area contributed by atoms with Crippen molar-refractivity contribution in [2.45, 2.75) is 18.9 Å². The van der Waals surface area contributed by atoms with Crippen LogP contribution in [0.1, 0.15) is 27.8 Å². The van der Waals surface area contributed by atoms with Crippen molar-refractivity contribution < 1.29 is 14.0 Å². The van der Waals surface area contributed by atoms with E-state index < -0.39 is 11.7 Å². The van der Waals surface area contributed by atoms with Gasteiger partial charge in [0.15, 0.2) is 0 Å². The lowest BCUT2D eigenvalue weighted by Gasteiger charge is -2.37. The smallest absolute Gasteiger partial charge is 0.228 e. The van der Waals surface area contributed by atoms with E-state index >= 15 is 0 Å². The molecule has 2 aromatic heterocycles. The van der Waals surface area contributed by atoms with Gasteiger partial charge in [-0.25, -0.2) is 4.39 Å². The molecule has 0 aliphatic carbocycles. The minimum Gasteiger partial charge on any atom is -0.330 e. The second kappa shape index (κ2) is 7.39. The highest BCUT2D eigenvalue weighted by molar-refractivity contribution is 7.10. The Bertz CT molecular complexity index is 1060. The van der Waals surface area contributed by atoms with Gasteiger partial charge in [0.1, 0.15) is 5.82 Å². The van der Waals surface area contributed by atoms with E-state index in [2.05, 4.69) is 17.5 Å². The molecule has 0 N–H and O–H groups in total. The molecule has 0 bridgehead atoms. The highest BCUT2D eigenvalue weighted by Gasteiger charge is 2.42. The summed E-state index contributed by atoms with van der Waals surface area (Å²) in [5.41, 5.74) is 1.44. The monoisotopic (exact) mass is 426 g/mol. The molecule has 148 valence electrons. The van der Waals surface area contributed by atoms with E-state index in [1.54, 1.807) is 40.9 Å². The molecular weight excluding hydrogens is 407 g/mol. The van der Waals surface area contributed by atoms with E-state index in [4.69, 9.17) is 0 Å². The lowest BCUT2D eigenvalue weighted by Crippen LogP contribution is -2.43. The van der Waals surface area contributed by atoms with Crippen molar-refractivity contribution in [3.8, 4) is 0 Å². The SMILES string of the molecule is O=C1C[C@H](C(=O)N2CCc3sccc3[C@@H]2c2cccs2)CN1c1ccccc1F. The Balaban J connectivity index is 1.43. The second-order valence-corrected chi connectivity index (χ2v) is 9.34. The second-order valence-electron chi connectivity index (χ2n) is 7.36. The number of halogens is 1. The summed E-state index contributed by atoms with van der Waals surface area (Å²) in [6, 6.07) is 12.3. The molecule has 29 heavy (non-hydrogen) atoms. The van der Waals surface area contributed by atoms with Crippen molar-refractivity contribution >= 4 is 40.2 Å². The van der Waals surface area contributed by atoms with Crippen LogP contribution in [0.15, 0.2) is 53.2 Å². The van der Waals surface area contributed by atoms with Crippen LogP contribution in [0.3, 0.4) is 0 Å². The Morgan fingerprint density at radius 2 is 1.93 bits per heavy atom. The van der Waals surface area contributed by atoms with Crippen LogP contribution in [0.5, 0.6) is 0 Å². The molecule has 0 spiro atoms. The molecule has 0 saturated carbocycles. The van der Waals surface area contributed by atoms with Crippen molar-refractivity contribution in [3.05, 3.63) is 74.4 Å². The number of para-hydroxylation sites is 1. The molecule has 5 rings (SSSR count). The maximum absolute atomic E-state index is 14.2. The van der Waals surface area contributed by atoms with Crippen LogP contribution in [0.25, 0.3) is 0 Å². The maximum Gasteiger partial charge on any atom is 0.228 e. The number of thiophene rings is 2. The zero-order chi connectivity index (χ0) is 20.0. The van der Waals surface area contributed by atoms with Crippen molar-refractivity contribution in [2.24, 2.45) is 5.92 Å². The van der Waals surface area contributed by atoms with Crippen LogP contribution >= 0.6 is 22.7 Å². The Labute approximate surface area is 176 Å². The largest absolute Gasteiger partial charge is 0.330 e. The van der Waals surface area contributed by atoms with Crippen LogP contribution < -0.4 is 4.90 Å². The summed E-state index contributed by atoms with van der Waals surface area (Å²) in [7, 11) is 0. The number of nitrogens with zero attached hydrogens (tertiary/aromatic N) is 2. The molecule has 2 aliphatic rings. The van der Waals surface area contributed by atoms with Gasteiger partial charge in [-0.3, -0.25) is 9.59 Å². The minimum absolute atomic E-state index is 0.0209. The summed E-state index contributed by atoms with van der Waals surface area (Å²) in [6.07, 6.45) is 0.954. The fraction of sp³-hybridized carbons (Fsp3) is 0.273. The van der Waals surface area contributed by atoms with Gasteiger partial charge < -0.3 is 9.80 Å². The molecule has 7 heteroatoms. The minimum atomic E-state index is -0.454. The number of hydrogen-bond acceptors (Lipinski definition) is 4. The van der Waals surface area contributed by atoms with E-state index in [-0.39, 0.29) is 36.5 Å². The summed E-state index contributed by atoms with van der Waals surface area (Å²) in [4.78, 5) is 31.9. The summed E-state index contributed by atoms with van der Waals surface area (Å²) < 4.78 is 14.2. The van der Waals surface area contributed by atoms with E-state index in [9.17, 15) is 14.0 Å². The molecule has 1 fully saturated rings. The summed E-state index contributed by atoms with van der Waals surface area (Å²) in [5, 5.41) is 4.11. The third kappa shape index (κ3) is 3.18. The van der Waals surface area contributed by atoms with Crippen LogP contribution in [-0.4, -0.2) is 29.8 Å². The number of amides is 2. The number of rotatable bonds is 3. The van der Waals surface area contributed by atoms with Gasteiger partial charge in [-0.15, -0.1) is 22.7 Å². The normalized spacial score (nSPS) is 21.5. The van der Waals surface area contributed by atoms with Gasteiger partial charge in [0.05, 0.1) is 17.6 Å². The third-order valence-electron chi connectivity index (χ3n) is 5.68. The molecule has 4 nitrogen and oxygen atoms in total. The van der Waals surface area contributed by atoms with E-state index in [1.165, 1.54) is 21.4 Å². The van der Waals surface area contributed by atoms with Crippen molar-refractivity contribution in [1.29, 1.82) is 0 Å². The number of benzene rings is 1. The van der Waals surface area contributed by atoms with Gasteiger partial charge in [-0.05, 0) is 47.0 Å². The number of fused-ring (bicyclic) bond motifs is 1. The fourth-order valence-corrected chi connectivity index (χ4v) is 6.08. The van der Waals surface area contributed by atoms with E-state index in [1.807, 2.05) is 16.3 Å².